The standard InChI is InChI=1S/C19H25N/c1-4-18(17-8-6-5-7-9-17)19(20)13-16-11-14(2)10-15(3)12-16/h5-12,18-19H,4,13,20H2,1-3H3. The van der Waals surface area contributed by atoms with Gasteiger partial charge < -0.3 is 5.73 Å². The summed E-state index contributed by atoms with van der Waals surface area (Å²) in [4.78, 5) is 0. The van der Waals surface area contributed by atoms with E-state index in [0.717, 1.165) is 12.8 Å². The molecule has 0 spiro atoms. The maximum atomic E-state index is 6.49. The molecule has 20 heavy (non-hydrogen) atoms. The van der Waals surface area contributed by atoms with Gasteiger partial charge in [-0.2, -0.15) is 0 Å². The predicted molar refractivity (Wildman–Crippen MR) is 87.1 cm³/mol. The normalized spacial score (nSPS) is 14.0. The summed E-state index contributed by atoms with van der Waals surface area (Å²) >= 11 is 0. The van der Waals surface area contributed by atoms with Crippen molar-refractivity contribution >= 4 is 0 Å². The number of hydrogen-bond acceptors (Lipinski definition) is 1. The molecule has 1 nitrogen and oxygen atoms in total. The summed E-state index contributed by atoms with van der Waals surface area (Å²) in [5.74, 6) is 0.428. The summed E-state index contributed by atoms with van der Waals surface area (Å²) < 4.78 is 0. The Kier molecular flexibility index (Phi) is 4.97. The van der Waals surface area contributed by atoms with Crippen LogP contribution in [0, 0.1) is 13.8 Å². The fourth-order valence-corrected chi connectivity index (χ4v) is 3.09. The molecule has 1 heteroatoms. The molecule has 2 N–H and O–H groups in total. The van der Waals surface area contributed by atoms with Crippen LogP contribution < -0.4 is 5.73 Å². The van der Waals surface area contributed by atoms with Gasteiger partial charge in [-0.25, -0.2) is 0 Å². The lowest BCUT2D eigenvalue weighted by molar-refractivity contribution is 0.515. The highest BCUT2D eigenvalue weighted by molar-refractivity contribution is 5.30. The summed E-state index contributed by atoms with van der Waals surface area (Å²) in [6, 6.07) is 17.5. The van der Waals surface area contributed by atoms with Gasteiger partial charge in [-0.3, -0.25) is 0 Å². The van der Waals surface area contributed by atoms with E-state index in [1.165, 1.54) is 22.3 Å². The molecular weight excluding hydrogens is 242 g/mol. The van der Waals surface area contributed by atoms with Crippen molar-refractivity contribution in [3.05, 3.63) is 70.8 Å². The Morgan fingerprint density at radius 3 is 2.10 bits per heavy atom. The van der Waals surface area contributed by atoms with Crippen molar-refractivity contribution in [1.82, 2.24) is 0 Å². The Bertz CT molecular complexity index is 525. The van der Waals surface area contributed by atoms with Gasteiger partial charge in [0.15, 0.2) is 0 Å². The number of aryl methyl sites for hydroxylation is 2. The van der Waals surface area contributed by atoms with Crippen molar-refractivity contribution in [2.45, 2.75) is 45.6 Å². The second-order valence-corrected chi connectivity index (χ2v) is 5.79. The molecule has 0 aromatic heterocycles. The minimum Gasteiger partial charge on any atom is -0.327 e. The lowest BCUT2D eigenvalue weighted by Crippen LogP contribution is -2.30. The lowest BCUT2D eigenvalue weighted by Gasteiger charge is -2.23. The first kappa shape index (κ1) is 14.8. The summed E-state index contributed by atoms with van der Waals surface area (Å²) in [5, 5.41) is 0. The van der Waals surface area contributed by atoms with E-state index in [1.807, 2.05) is 0 Å². The second kappa shape index (κ2) is 6.71. The average Bonchev–Trinajstić information content (AvgIpc) is 2.39. The van der Waals surface area contributed by atoms with Gasteiger partial charge in [0.1, 0.15) is 0 Å². The van der Waals surface area contributed by atoms with Gasteiger partial charge in [-0.15, -0.1) is 0 Å². The largest absolute Gasteiger partial charge is 0.327 e. The molecule has 0 saturated carbocycles. The third-order valence-electron chi connectivity index (χ3n) is 3.94. The fraction of sp³-hybridized carbons (Fsp3) is 0.368. The van der Waals surface area contributed by atoms with E-state index in [4.69, 9.17) is 5.73 Å². The van der Waals surface area contributed by atoms with Gasteiger partial charge in [0, 0.05) is 6.04 Å². The zero-order valence-corrected chi connectivity index (χ0v) is 12.8. The van der Waals surface area contributed by atoms with E-state index in [0.29, 0.717) is 5.92 Å². The van der Waals surface area contributed by atoms with E-state index in [9.17, 15) is 0 Å². The molecule has 0 amide bonds. The van der Waals surface area contributed by atoms with E-state index < -0.39 is 0 Å². The van der Waals surface area contributed by atoms with Crippen molar-refractivity contribution in [3.63, 3.8) is 0 Å². The first-order valence-corrected chi connectivity index (χ1v) is 7.48. The Morgan fingerprint density at radius 2 is 1.55 bits per heavy atom. The average molecular weight is 267 g/mol. The molecule has 0 saturated heterocycles. The topological polar surface area (TPSA) is 26.0 Å². The van der Waals surface area contributed by atoms with Crippen molar-refractivity contribution < 1.29 is 0 Å². The maximum absolute atomic E-state index is 6.49. The van der Waals surface area contributed by atoms with Gasteiger partial charge in [0.2, 0.25) is 0 Å². The molecule has 0 fully saturated rings. The summed E-state index contributed by atoms with van der Waals surface area (Å²) in [5.41, 5.74) is 11.8. The molecule has 2 aromatic carbocycles. The Hall–Kier alpha value is -1.60. The minimum absolute atomic E-state index is 0.170. The number of rotatable bonds is 5. The van der Waals surface area contributed by atoms with Crippen LogP contribution in [0.25, 0.3) is 0 Å². The van der Waals surface area contributed by atoms with Crippen molar-refractivity contribution in [1.29, 1.82) is 0 Å². The fourth-order valence-electron chi connectivity index (χ4n) is 3.09. The monoisotopic (exact) mass is 267 g/mol. The van der Waals surface area contributed by atoms with Crippen LogP contribution >= 0.6 is 0 Å². The van der Waals surface area contributed by atoms with Crippen LogP contribution in [0.5, 0.6) is 0 Å². The van der Waals surface area contributed by atoms with Crippen LogP contribution in [-0.4, -0.2) is 6.04 Å². The van der Waals surface area contributed by atoms with E-state index in [-0.39, 0.29) is 6.04 Å². The second-order valence-electron chi connectivity index (χ2n) is 5.79. The molecule has 0 aliphatic rings. The zero-order chi connectivity index (χ0) is 14.5. The Morgan fingerprint density at radius 1 is 0.950 bits per heavy atom. The number of nitrogens with two attached hydrogens (primary N) is 1. The SMILES string of the molecule is CCC(c1ccccc1)C(N)Cc1cc(C)cc(C)c1. The van der Waals surface area contributed by atoms with E-state index in [2.05, 4.69) is 69.3 Å². The van der Waals surface area contributed by atoms with Gasteiger partial charge >= 0.3 is 0 Å². The highest BCUT2D eigenvalue weighted by Gasteiger charge is 2.18. The van der Waals surface area contributed by atoms with Gasteiger partial charge in [0.05, 0.1) is 0 Å². The maximum Gasteiger partial charge on any atom is 0.0148 e. The molecule has 2 aromatic rings. The molecule has 0 heterocycles. The van der Waals surface area contributed by atoms with Crippen LogP contribution in [0.1, 0.15) is 41.5 Å². The summed E-state index contributed by atoms with van der Waals surface area (Å²) in [6.07, 6.45) is 2.02. The molecule has 0 aliphatic heterocycles. The summed E-state index contributed by atoms with van der Waals surface area (Å²) in [7, 11) is 0. The van der Waals surface area contributed by atoms with Crippen LogP contribution in [0.3, 0.4) is 0 Å². The molecule has 2 unspecified atom stereocenters. The smallest absolute Gasteiger partial charge is 0.0148 e. The molecule has 106 valence electrons. The molecule has 0 bridgehead atoms. The molecule has 2 atom stereocenters. The van der Waals surface area contributed by atoms with Crippen molar-refractivity contribution in [3.8, 4) is 0 Å². The van der Waals surface area contributed by atoms with Crippen LogP contribution in [0.15, 0.2) is 48.5 Å². The van der Waals surface area contributed by atoms with Crippen LogP contribution in [0.4, 0.5) is 0 Å². The predicted octanol–water partition coefficient (Wildman–Crippen LogP) is 4.37. The molecule has 0 aliphatic carbocycles. The number of hydrogen-bond donors (Lipinski definition) is 1. The Balaban J connectivity index is 2.15. The highest BCUT2D eigenvalue weighted by Crippen LogP contribution is 2.24. The molecule has 0 radical (unpaired) electrons. The van der Waals surface area contributed by atoms with Crippen molar-refractivity contribution in [2.24, 2.45) is 5.73 Å². The minimum atomic E-state index is 0.170. The third-order valence-corrected chi connectivity index (χ3v) is 3.94. The first-order chi connectivity index (χ1) is 9.60. The zero-order valence-electron chi connectivity index (χ0n) is 12.8. The van der Waals surface area contributed by atoms with Gasteiger partial charge in [-0.05, 0) is 43.7 Å². The molecular formula is C19H25N. The van der Waals surface area contributed by atoms with Gasteiger partial charge in [-0.1, -0.05) is 66.6 Å². The van der Waals surface area contributed by atoms with Crippen molar-refractivity contribution in [2.75, 3.05) is 0 Å². The Labute approximate surface area is 122 Å². The quantitative estimate of drug-likeness (QED) is 0.855. The van der Waals surface area contributed by atoms with E-state index in [1.54, 1.807) is 0 Å². The molecule has 2 rings (SSSR count). The first-order valence-electron chi connectivity index (χ1n) is 7.48. The van der Waals surface area contributed by atoms with Crippen LogP contribution in [-0.2, 0) is 6.42 Å². The van der Waals surface area contributed by atoms with Crippen LogP contribution in [0.2, 0.25) is 0 Å². The summed E-state index contributed by atoms with van der Waals surface area (Å²) in [6.45, 7) is 6.52. The number of benzene rings is 2. The highest BCUT2D eigenvalue weighted by atomic mass is 14.6. The lowest BCUT2D eigenvalue weighted by atomic mass is 9.86. The van der Waals surface area contributed by atoms with E-state index >= 15 is 0 Å². The third kappa shape index (κ3) is 3.71. The van der Waals surface area contributed by atoms with Gasteiger partial charge in [0.25, 0.3) is 0 Å².